The number of hydrogen-bond acceptors (Lipinski definition) is 3. The quantitative estimate of drug-likeness (QED) is 0.728. The summed E-state index contributed by atoms with van der Waals surface area (Å²) in [5.74, 6) is 1.19. The van der Waals surface area contributed by atoms with Gasteiger partial charge in [0.2, 0.25) is 0 Å². The predicted molar refractivity (Wildman–Crippen MR) is 62.3 cm³/mol. The molecule has 0 aliphatic carbocycles. The van der Waals surface area contributed by atoms with E-state index in [2.05, 4.69) is 24.3 Å². The molecule has 0 saturated heterocycles. The molecule has 1 unspecified atom stereocenters. The standard InChI is InChI=1S/C11H22N4/c1-9(2)10(6-12)7-13-8-11-4-5-14-15(11)3/h4-5,9-10,13H,6-8,12H2,1-3H3. The maximum atomic E-state index is 5.71. The van der Waals surface area contributed by atoms with Gasteiger partial charge in [0.25, 0.3) is 0 Å². The molecule has 1 rings (SSSR count). The van der Waals surface area contributed by atoms with Crippen molar-refractivity contribution in [2.45, 2.75) is 20.4 Å². The first-order valence-electron chi connectivity index (χ1n) is 5.52. The number of nitrogens with two attached hydrogens (primary N) is 1. The molecule has 0 fully saturated rings. The van der Waals surface area contributed by atoms with Gasteiger partial charge in [-0.25, -0.2) is 0 Å². The second kappa shape index (κ2) is 5.88. The van der Waals surface area contributed by atoms with E-state index in [1.807, 2.05) is 24.0 Å². The fourth-order valence-corrected chi connectivity index (χ4v) is 1.55. The molecular formula is C11H22N4. The van der Waals surface area contributed by atoms with E-state index in [1.165, 1.54) is 5.69 Å². The SMILES string of the molecule is CC(C)C(CN)CNCc1ccnn1C. The number of nitrogens with zero attached hydrogens (tertiary/aromatic N) is 2. The van der Waals surface area contributed by atoms with Crippen LogP contribution < -0.4 is 11.1 Å². The predicted octanol–water partition coefficient (Wildman–Crippen LogP) is 0.741. The highest BCUT2D eigenvalue weighted by Gasteiger charge is 2.10. The molecule has 0 aliphatic heterocycles. The summed E-state index contributed by atoms with van der Waals surface area (Å²) in [4.78, 5) is 0. The minimum absolute atomic E-state index is 0.554. The molecule has 1 atom stereocenters. The second-order valence-electron chi connectivity index (χ2n) is 4.32. The number of nitrogens with one attached hydrogen (secondary N) is 1. The summed E-state index contributed by atoms with van der Waals surface area (Å²) in [6.45, 7) is 7.00. The molecule has 0 amide bonds. The summed E-state index contributed by atoms with van der Waals surface area (Å²) >= 11 is 0. The average Bonchev–Trinajstić information content (AvgIpc) is 2.58. The van der Waals surface area contributed by atoms with Gasteiger partial charge in [0.1, 0.15) is 0 Å². The number of hydrogen-bond donors (Lipinski definition) is 2. The van der Waals surface area contributed by atoms with Gasteiger partial charge in [-0.1, -0.05) is 13.8 Å². The van der Waals surface area contributed by atoms with Crippen molar-refractivity contribution in [3.63, 3.8) is 0 Å². The molecule has 4 nitrogen and oxygen atoms in total. The Morgan fingerprint density at radius 3 is 2.73 bits per heavy atom. The van der Waals surface area contributed by atoms with Crippen molar-refractivity contribution in [3.05, 3.63) is 18.0 Å². The zero-order chi connectivity index (χ0) is 11.3. The molecule has 0 bridgehead atoms. The van der Waals surface area contributed by atoms with Gasteiger partial charge >= 0.3 is 0 Å². The van der Waals surface area contributed by atoms with Crippen molar-refractivity contribution in [2.24, 2.45) is 24.6 Å². The van der Waals surface area contributed by atoms with Gasteiger partial charge in [-0.15, -0.1) is 0 Å². The first-order chi connectivity index (χ1) is 7.15. The van der Waals surface area contributed by atoms with Crippen LogP contribution in [0.1, 0.15) is 19.5 Å². The zero-order valence-corrected chi connectivity index (χ0v) is 9.90. The number of aromatic nitrogens is 2. The van der Waals surface area contributed by atoms with Crippen LogP contribution in [0.15, 0.2) is 12.3 Å². The van der Waals surface area contributed by atoms with Gasteiger partial charge in [0.05, 0.1) is 5.69 Å². The van der Waals surface area contributed by atoms with Crippen molar-refractivity contribution < 1.29 is 0 Å². The third-order valence-corrected chi connectivity index (χ3v) is 2.88. The fraction of sp³-hybridized carbons (Fsp3) is 0.727. The van der Waals surface area contributed by atoms with E-state index < -0.39 is 0 Å². The molecule has 0 spiro atoms. The smallest absolute Gasteiger partial charge is 0.0518 e. The van der Waals surface area contributed by atoms with E-state index in [0.29, 0.717) is 11.8 Å². The fourth-order valence-electron chi connectivity index (χ4n) is 1.55. The summed E-state index contributed by atoms with van der Waals surface area (Å²) in [7, 11) is 1.96. The number of aryl methyl sites for hydroxylation is 1. The summed E-state index contributed by atoms with van der Waals surface area (Å²) in [6, 6.07) is 2.03. The van der Waals surface area contributed by atoms with Gasteiger partial charge in [-0.3, -0.25) is 4.68 Å². The lowest BCUT2D eigenvalue weighted by Gasteiger charge is -2.19. The highest BCUT2D eigenvalue weighted by molar-refractivity contribution is 4.99. The van der Waals surface area contributed by atoms with Crippen molar-refractivity contribution in [2.75, 3.05) is 13.1 Å². The van der Waals surface area contributed by atoms with Gasteiger partial charge < -0.3 is 11.1 Å². The Morgan fingerprint density at radius 1 is 1.53 bits per heavy atom. The largest absolute Gasteiger partial charge is 0.330 e. The summed E-state index contributed by atoms with van der Waals surface area (Å²) in [6.07, 6.45) is 1.82. The molecule has 3 N–H and O–H groups in total. The molecule has 0 aromatic carbocycles. The Morgan fingerprint density at radius 2 is 2.27 bits per heavy atom. The molecule has 15 heavy (non-hydrogen) atoms. The van der Waals surface area contributed by atoms with Crippen LogP contribution >= 0.6 is 0 Å². The topological polar surface area (TPSA) is 55.9 Å². The lowest BCUT2D eigenvalue weighted by Crippen LogP contribution is -2.31. The first-order valence-corrected chi connectivity index (χ1v) is 5.52. The van der Waals surface area contributed by atoms with Crippen LogP contribution in [-0.2, 0) is 13.6 Å². The Balaban J connectivity index is 2.29. The van der Waals surface area contributed by atoms with Crippen molar-refractivity contribution >= 4 is 0 Å². The van der Waals surface area contributed by atoms with Crippen LogP contribution in [0.3, 0.4) is 0 Å². The summed E-state index contributed by atoms with van der Waals surface area (Å²) in [5, 5.41) is 7.54. The Bertz CT molecular complexity index is 280. The molecule has 1 heterocycles. The van der Waals surface area contributed by atoms with Crippen molar-refractivity contribution in [1.29, 1.82) is 0 Å². The Labute approximate surface area is 91.8 Å². The highest BCUT2D eigenvalue weighted by atomic mass is 15.3. The van der Waals surface area contributed by atoms with Gasteiger partial charge in [-0.2, -0.15) is 5.10 Å². The minimum atomic E-state index is 0.554. The molecule has 1 aromatic heterocycles. The molecule has 0 saturated carbocycles. The van der Waals surface area contributed by atoms with Crippen molar-refractivity contribution in [3.8, 4) is 0 Å². The molecule has 1 aromatic rings. The molecular weight excluding hydrogens is 188 g/mol. The highest BCUT2D eigenvalue weighted by Crippen LogP contribution is 2.07. The first kappa shape index (κ1) is 12.2. The van der Waals surface area contributed by atoms with Crippen LogP contribution in [0.25, 0.3) is 0 Å². The van der Waals surface area contributed by atoms with Crippen LogP contribution in [-0.4, -0.2) is 22.9 Å². The van der Waals surface area contributed by atoms with E-state index in [9.17, 15) is 0 Å². The third kappa shape index (κ3) is 3.64. The van der Waals surface area contributed by atoms with Gasteiger partial charge in [0, 0.05) is 19.8 Å². The van der Waals surface area contributed by atoms with E-state index >= 15 is 0 Å². The lowest BCUT2D eigenvalue weighted by atomic mass is 9.96. The second-order valence-corrected chi connectivity index (χ2v) is 4.32. The van der Waals surface area contributed by atoms with Crippen molar-refractivity contribution in [1.82, 2.24) is 15.1 Å². The number of rotatable bonds is 6. The Kier molecular flexibility index (Phi) is 4.78. The Hall–Kier alpha value is -0.870. The summed E-state index contributed by atoms with van der Waals surface area (Å²) in [5.41, 5.74) is 6.91. The molecule has 4 heteroatoms. The molecule has 0 radical (unpaired) electrons. The van der Waals surface area contributed by atoms with Crippen LogP contribution in [0.5, 0.6) is 0 Å². The average molecular weight is 210 g/mol. The van der Waals surface area contributed by atoms with E-state index in [0.717, 1.165) is 19.6 Å². The monoisotopic (exact) mass is 210 g/mol. The minimum Gasteiger partial charge on any atom is -0.330 e. The van der Waals surface area contributed by atoms with E-state index in [1.54, 1.807) is 0 Å². The van der Waals surface area contributed by atoms with Gasteiger partial charge in [0.15, 0.2) is 0 Å². The summed E-state index contributed by atoms with van der Waals surface area (Å²) < 4.78 is 1.89. The van der Waals surface area contributed by atoms with Crippen LogP contribution in [0.2, 0.25) is 0 Å². The van der Waals surface area contributed by atoms with Gasteiger partial charge in [-0.05, 0) is 31.0 Å². The van der Waals surface area contributed by atoms with Crippen LogP contribution in [0, 0.1) is 11.8 Å². The molecule has 86 valence electrons. The van der Waals surface area contributed by atoms with Crippen LogP contribution in [0.4, 0.5) is 0 Å². The molecule has 0 aliphatic rings. The zero-order valence-electron chi connectivity index (χ0n) is 9.90. The third-order valence-electron chi connectivity index (χ3n) is 2.88. The normalized spacial score (nSPS) is 13.4. The maximum absolute atomic E-state index is 5.71. The lowest BCUT2D eigenvalue weighted by molar-refractivity contribution is 0.368. The van der Waals surface area contributed by atoms with E-state index in [4.69, 9.17) is 5.73 Å². The maximum Gasteiger partial charge on any atom is 0.0518 e. The van der Waals surface area contributed by atoms with E-state index in [-0.39, 0.29) is 0 Å².